The second kappa shape index (κ2) is 9.14. The average Bonchev–Trinajstić information content (AvgIpc) is 3.20. The molecule has 1 aliphatic rings. The molecule has 1 saturated heterocycles. The fraction of sp³-hybridized carbons (Fsp3) is 0.286. The Hall–Kier alpha value is -3.19. The molecule has 2 aromatic carbocycles. The molecular weight excluding hydrogens is 358 g/mol. The van der Waals surface area contributed by atoms with E-state index in [-0.39, 0.29) is 23.8 Å². The summed E-state index contributed by atoms with van der Waals surface area (Å²) in [6.45, 7) is 2.60. The molecule has 2 aromatic rings. The van der Waals surface area contributed by atoms with E-state index in [4.69, 9.17) is 4.74 Å². The Balaban J connectivity index is 1.65. The molecule has 3 N–H and O–H groups in total. The molecule has 1 atom stereocenters. The summed E-state index contributed by atoms with van der Waals surface area (Å²) < 4.78 is 5.51. The molecule has 7 nitrogen and oxygen atoms in total. The third-order valence-electron chi connectivity index (χ3n) is 4.40. The zero-order valence-corrected chi connectivity index (χ0v) is 15.7. The number of rotatable bonds is 6. The highest BCUT2D eigenvalue weighted by Crippen LogP contribution is 2.18. The van der Waals surface area contributed by atoms with Gasteiger partial charge in [0.15, 0.2) is 0 Å². The van der Waals surface area contributed by atoms with Crippen LogP contribution in [0.5, 0.6) is 0 Å². The number of hydrogen-bond donors (Lipinski definition) is 3. The number of ether oxygens (including phenoxy) is 1. The first-order valence-electron chi connectivity index (χ1n) is 9.21. The lowest BCUT2D eigenvalue weighted by atomic mass is 10.1. The minimum absolute atomic E-state index is 0.0489. The highest BCUT2D eigenvalue weighted by molar-refractivity contribution is 6.09. The highest BCUT2D eigenvalue weighted by atomic mass is 16.5. The first-order valence-corrected chi connectivity index (χ1v) is 9.21. The van der Waals surface area contributed by atoms with Gasteiger partial charge in [-0.05, 0) is 49.2 Å². The van der Waals surface area contributed by atoms with Gasteiger partial charge in [-0.3, -0.25) is 14.4 Å². The molecule has 0 spiro atoms. The van der Waals surface area contributed by atoms with Crippen LogP contribution in [0.15, 0.2) is 48.5 Å². The van der Waals surface area contributed by atoms with Gasteiger partial charge in [-0.15, -0.1) is 0 Å². The van der Waals surface area contributed by atoms with Gasteiger partial charge < -0.3 is 20.7 Å². The fourth-order valence-electron chi connectivity index (χ4n) is 3.00. The van der Waals surface area contributed by atoms with Crippen LogP contribution < -0.4 is 16.0 Å². The zero-order valence-electron chi connectivity index (χ0n) is 15.7. The maximum atomic E-state index is 12.5. The van der Waals surface area contributed by atoms with E-state index in [1.54, 1.807) is 48.5 Å². The van der Waals surface area contributed by atoms with E-state index >= 15 is 0 Å². The van der Waals surface area contributed by atoms with E-state index < -0.39 is 0 Å². The second-order valence-electron chi connectivity index (χ2n) is 6.60. The summed E-state index contributed by atoms with van der Waals surface area (Å²) in [5.41, 5.74) is 1.86. The van der Waals surface area contributed by atoms with Crippen molar-refractivity contribution in [3.8, 4) is 0 Å². The Morgan fingerprint density at radius 2 is 1.75 bits per heavy atom. The fourth-order valence-corrected chi connectivity index (χ4v) is 3.00. The standard InChI is InChI=1S/C21H23N3O4/c1-14(25)23-16-10-8-15(9-11-16)20(26)24-19-7-3-2-6-18(19)21(27)22-13-17-5-4-12-28-17/h2-3,6-11,17H,4-5,12-13H2,1H3,(H,22,27)(H,23,25)(H,24,26). The predicted octanol–water partition coefficient (Wildman–Crippen LogP) is 2.81. The SMILES string of the molecule is CC(=O)Nc1ccc(C(=O)Nc2ccccc2C(=O)NCC2CCCO2)cc1. The van der Waals surface area contributed by atoms with Gasteiger partial charge in [-0.1, -0.05) is 12.1 Å². The van der Waals surface area contributed by atoms with Crippen molar-refractivity contribution in [1.29, 1.82) is 0 Å². The van der Waals surface area contributed by atoms with Crippen molar-refractivity contribution in [2.24, 2.45) is 0 Å². The van der Waals surface area contributed by atoms with Crippen LogP contribution in [-0.2, 0) is 9.53 Å². The van der Waals surface area contributed by atoms with Crippen molar-refractivity contribution < 1.29 is 19.1 Å². The van der Waals surface area contributed by atoms with Crippen LogP contribution in [0.3, 0.4) is 0 Å². The number of anilines is 2. The minimum atomic E-state index is -0.339. The molecule has 1 fully saturated rings. The maximum absolute atomic E-state index is 12.5. The van der Waals surface area contributed by atoms with E-state index in [9.17, 15) is 14.4 Å². The molecule has 1 aliphatic heterocycles. The van der Waals surface area contributed by atoms with Gasteiger partial charge in [0.25, 0.3) is 11.8 Å². The number of carbonyl (C=O) groups is 3. The van der Waals surface area contributed by atoms with E-state index in [0.29, 0.717) is 29.0 Å². The molecule has 0 saturated carbocycles. The summed E-state index contributed by atoms with van der Waals surface area (Å²) in [7, 11) is 0. The second-order valence-corrected chi connectivity index (χ2v) is 6.60. The summed E-state index contributed by atoms with van der Waals surface area (Å²) in [5, 5.41) is 8.29. The lowest BCUT2D eigenvalue weighted by Gasteiger charge is -2.14. The van der Waals surface area contributed by atoms with Crippen LogP contribution in [0, 0.1) is 0 Å². The van der Waals surface area contributed by atoms with E-state index in [1.807, 2.05) is 0 Å². The van der Waals surface area contributed by atoms with Gasteiger partial charge in [0.05, 0.1) is 17.4 Å². The first kappa shape index (κ1) is 19.6. The number of hydrogen-bond acceptors (Lipinski definition) is 4. The summed E-state index contributed by atoms with van der Waals surface area (Å²) >= 11 is 0. The van der Waals surface area contributed by atoms with Crippen LogP contribution >= 0.6 is 0 Å². The number of nitrogens with one attached hydrogen (secondary N) is 3. The molecule has 0 aliphatic carbocycles. The van der Waals surface area contributed by atoms with Gasteiger partial charge in [-0.25, -0.2) is 0 Å². The summed E-state index contributed by atoms with van der Waals surface area (Å²) in [4.78, 5) is 36.1. The minimum Gasteiger partial charge on any atom is -0.376 e. The predicted molar refractivity (Wildman–Crippen MR) is 106 cm³/mol. The number of carbonyl (C=O) groups excluding carboxylic acids is 3. The van der Waals surface area contributed by atoms with Gasteiger partial charge in [-0.2, -0.15) is 0 Å². The normalized spacial score (nSPS) is 15.7. The van der Waals surface area contributed by atoms with Crippen molar-refractivity contribution in [1.82, 2.24) is 5.32 Å². The Labute approximate surface area is 163 Å². The first-order chi connectivity index (χ1) is 13.5. The number of para-hydroxylation sites is 1. The van der Waals surface area contributed by atoms with Gasteiger partial charge in [0.1, 0.15) is 0 Å². The monoisotopic (exact) mass is 381 g/mol. The zero-order chi connectivity index (χ0) is 19.9. The molecule has 7 heteroatoms. The Bertz CT molecular complexity index is 858. The summed E-state index contributed by atoms with van der Waals surface area (Å²) in [5.74, 6) is -0.777. The van der Waals surface area contributed by atoms with Gasteiger partial charge >= 0.3 is 0 Å². The van der Waals surface area contributed by atoms with Crippen molar-refractivity contribution in [3.05, 3.63) is 59.7 Å². The molecule has 28 heavy (non-hydrogen) atoms. The van der Waals surface area contributed by atoms with Crippen molar-refractivity contribution in [2.75, 3.05) is 23.8 Å². The third kappa shape index (κ3) is 5.17. The summed E-state index contributed by atoms with van der Waals surface area (Å²) in [6.07, 6.45) is 1.99. The third-order valence-corrected chi connectivity index (χ3v) is 4.40. The molecule has 3 rings (SSSR count). The topological polar surface area (TPSA) is 96.5 Å². The summed E-state index contributed by atoms with van der Waals surface area (Å²) in [6, 6.07) is 13.4. The molecule has 146 valence electrons. The van der Waals surface area contributed by atoms with E-state index in [2.05, 4.69) is 16.0 Å². The van der Waals surface area contributed by atoms with Crippen LogP contribution in [0.25, 0.3) is 0 Å². The highest BCUT2D eigenvalue weighted by Gasteiger charge is 2.18. The van der Waals surface area contributed by atoms with Gasteiger partial charge in [0, 0.05) is 31.3 Å². The number of benzene rings is 2. The largest absolute Gasteiger partial charge is 0.376 e. The van der Waals surface area contributed by atoms with Crippen molar-refractivity contribution in [3.63, 3.8) is 0 Å². The Kier molecular flexibility index (Phi) is 6.39. The molecule has 3 amide bonds. The van der Waals surface area contributed by atoms with Crippen molar-refractivity contribution >= 4 is 29.1 Å². The quantitative estimate of drug-likeness (QED) is 0.717. The molecule has 0 radical (unpaired) electrons. The lowest BCUT2D eigenvalue weighted by Crippen LogP contribution is -2.32. The Morgan fingerprint density at radius 1 is 1.00 bits per heavy atom. The smallest absolute Gasteiger partial charge is 0.255 e. The lowest BCUT2D eigenvalue weighted by molar-refractivity contribution is -0.114. The van der Waals surface area contributed by atoms with Crippen LogP contribution in [0.1, 0.15) is 40.5 Å². The van der Waals surface area contributed by atoms with Crippen molar-refractivity contribution in [2.45, 2.75) is 25.9 Å². The van der Waals surface area contributed by atoms with E-state index in [1.165, 1.54) is 6.92 Å². The molecule has 1 heterocycles. The molecule has 0 bridgehead atoms. The average molecular weight is 381 g/mol. The number of amides is 3. The van der Waals surface area contributed by atoms with Gasteiger partial charge in [0.2, 0.25) is 5.91 Å². The van der Waals surface area contributed by atoms with Crippen LogP contribution in [0.4, 0.5) is 11.4 Å². The maximum Gasteiger partial charge on any atom is 0.255 e. The van der Waals surface area contributed by atoms with E-state index in [0.717, 1.165) is 19.4 Å². The molecule has 1 unspecified atom stereocenters. The molecular formula is C21H23N3O4. The van der Waals surface area contributed by atoms with Crippen LogP contribution in [0.2, 0.25) is 0 Å². The Morgan fingerprint density at radius 3 is 2.43 bits per heavy atom. The van der Waals surface area contributed by atoms with Crippen LogP contribution in [-0.4, -0.2) is 37.0 Å². The molecule has 0 aromatic heterocycles.